The van der Waals surface area contributed by atoms with Gasteiger partial charge in [-0.25, -0.2) is 4.98 Å². The molecule has 0 aliphatic rings. The lowest BCUT2D eigenvalue weighted by Crippen LogP contribution is -2.25. The van der Waals surface area contributed by atoms with Gasteiger partial charge in [0.05, 0.1) is 11.2 Å². The van der Waals surface area contributed by atoms with Crippen LogP contribution in [0.3, 0.4) is 0 Å². The molecule has 0 saturated carbocycles. The van der Waals surface area contributed by atoms with E-state index < -0.39 is 0 Å². The second kappa shape index (κ2) is 8.21. The van der Waals surface area contributed by atoms with E-state index in [2.05, 4.69) is 20.6 Å². The Labute approximate surface area is 146 Å². The van der Waals surface area contributed by atoms with E-state index in [1.165, 1.54) is 0 Å². The van der Waals surface area contributed by atoms with Gasteiger partial charge in [-0.2, -0.15) is 0 Å². The number of methoxy groups -OCH3 is 1. The molecule has 0 unspecified atom stereocenters. The number of para-hydroxylation sites is 1. The van der Waals surface area contributed by atoms with Gasteiger partial charge in [0, 0.05) is 43.6 Å². The lowest BCUT2D eigenvalue weighted by Gasteiger charge is -2.10. The van der Waals surface area contributed by atoms with Crippen LogP contribution in [0.4, 0.5) is 11.5 Å². The number of nitrogens with one attached hydrogen (secondary N) is 2. The summed E-state index contributed by atoms with van der Waals surface area (Å²) in [6, 6.07) is 13.2. The third kappa shape index (κ3) is 4.30. The number of hydrogen-bond donors (Lipinski definition) is 2. The third-order valence-electron chi connectivity index (χ3n) is 3.73. The van der Waals surface area contributed by atoms with E-state index in [1.807, 2.05) is 30.3 Å². The van der Waals surface area contributed by atoms with Crippen LogP contribution in [0.1, 0.15) is 16.8 Å². The highest BCUT2D eigenvalue weighted by atomic mass is 16.5. The van der Waals surface area contributed by atoms with Crippen LogP contribution in [-0.2, 0) is 4.74 Å². The molecular formula is C19H20N4O2. The SMILES string of the molecule is COCCCNC(=O)c1ccnc(Nc2cccc3cccnc23)c1. The molecule has 6 heteroatoms. The maximum Gasteiger partial charge on any atom is 0.251 e. The van der Waals surface area contributed by atoms with Gasteiger partial charge in [-0.3, -0.25) is 9.78 Å². The van der Waals surface area contributed by atoms with E-state index in [1.54, 1.807) is 31.6 Å². The van der Waals surface area contributed by atoms with Gasteiger partial charge in [0.15, 0.2) is 0 Å². The van der Waals surface area contributed by atoms with Crippen molar-refractivity contribution in [3.8, 4) is 0 Å². The van der Waals surface area contributed by atoms with Crippen molar-refractivity contribution >= 4 is 28.3 Å². The van der Waals surface area contributed by atoms with E-state index in [4.69, 9.17) is 4.74 Å². The summed E-state index contributed by atoms with van der Waals surface area (Å²) < 4.78 is 4.97. The Morgan fingerprint density at radius 3 is 2.88 bits per heavy atom. The molecule has 0 bridgehead atoms. The first-order chi connectivity index (χ1) is 12.3. The maximum atomic E-state index is 12.2. The molecule has 25 heavy (non-hydrogen) atoms. The predicted molar refractivity (Wildman–Crippen MR) is 98.1 cm³/mol. The Hall–Kier alpha value is -2.99. The standard InChI is InChI=1S/C19H20N4O2/c1-25-12-4-10-22-19(24)15-8-11-20-17(13-15)23-16-7-2-5-14-6-3-9-21-18(14)16/h2-3,5-9,11,13H,4,10,12H2,1H3,(H,20,23)(H,22,24). The minimum absolute atomic E-state index is 0.127. The predicted octanol–water partition coefficient (Wildman–Crippen LogP) is 3.14. The van der Waals surface area contributed by atoms with Gasteiger partial charge < -0.3 is 15.4 Å². The second-order valence-electron chi connectivity index (χ2n) is 5.54. The number of ether oxygens (including phenoxy) is 1. The average molecular weight is 336 g/mol. The number of rotatable bonds is 7. The van der Waals surface area contributed by atoms with Crippen molar-refractivity contribution in [1.82, 2.24) is 15.3 Å². The molecule has 1 aromatic carbocycles. The van der Waals surface area contributed by atoms with Gasteiger partial charge in [-0.1, -0.05) is 18.2 Å². The molecule has 0 aliphatic heterocycles. The van der Waals surface area contributed by atoms with E-state index in [-0.39, 0.29) is 5.91 Å². The highest BCUT2D eigenvalue weighted by Crippen LogP contribution is 2.23. The smallest absolute Gasteiger partial charge is 0.251 e. The summed E-state index contributed by atoms with van der Waals surface area (Å²) in [5.74, 6) is 0.472. The van der Waals surface area contributed by atoms with Crippen LogP contribution in [0.25, 0.3) is 10.9 Å². The van der Waals surface area contributed by atoms with Crippen molar-refractivity contribution in [2.45, 2.75) is 6.42 Å². The molecule has 0 radical (unpaired) electrons. The molecule has 6 nitrogen and oxygen atoms in total. The lowest BCUT2D eigenvalue weighted by atomic mass is 10.2. The lowest BCUT2D eigenvalue weighted by molar-refractivity contribution is 0.0948. The zero-order valence-electron chi connectivity index (χ0n) is 14.0. The van der Waals surface area contributed by atoms with Crippen molar-refractivity contribution in [2.75, 3.05) is 25.6 Å². The average Bonchev–Trinajstić information content (AvgIpc) is 2.66. The first-order valence-electron chi connectivity index (χ1n) is 8.12. The fraction of sp³-hybridized carbons (Fsp3) is 0.211. The number of carbonyl (C=O) groups is 1. The van der Waals surface area contributed by atoms with Gasteiger partial charge in [-0.15, -0.1) is 0 Å². The number of hydrogen-bond acceptors (Lipinski definition) is 5. The van der Waals surface area contributed by atoms with E-state index in [9.17, 15) is 4.79 Å². The molecule has 1 amide bonds. The molecule has 3 rings (SSSR count). The number of amides is 1. The zero-order valence-corrected chi connectivity index (χ0v) is 14.0. The van der Waals surface area contributed by atoms with Crippen LogP contribution in [0.2, 0.25) is 0 Å². The Bertz CT molecular complexity index is 861. The van der Waals surface area contributed by atoms with Crippen molar-refractivity contribution in [3.63, 3.8) is 0 Å². The summed E-state index contributed by atoms with van der Waals surface area (Å²) in [4.78, 5) is 20.9. The number of pyridine rings is 2. The summed E-state index contributed by atoms with van der Waals surface area (Å²) in [6.45, 7) is 1.20. The number of benzene rings is 1. The van der Waals surface area contributed by atoms with Crippen LogP contribution in [-0.4, -0.2) is 36.1 Å². The minimum atomic E-state index is -0.127. The highest BCUT2D eigenvalue weighted by molar-refractivity contribution is 5.95. The Morgan fingerprint density at radius 1 is 1.12 bits per heavy atom. The van der Waals surface area contributed by atoms with Gasteiger partial charge in [0.25, 0.3) is 5.91 Å². The van der Waals surface area contributed by atoms with Crippen LogP contribution < -0.4 is 10.6 Å². The molecule has 0 spiro atoms. The molecule has 2 heterocycles. The van der Waals surface area contributed by atoms with Gasteiger partial charge >= 0.3 is 0 Å². The zero-order chi connectivity index (χ0) is 17.5. The normalized spacial score (nSPS) is 10.6. The van der Waals surface area contributed by atoms with Crippen LogP contribution >= 0.6 is 0 Å². The van der Waals surface area contributed by atoms with Gasteiger partial charge in [0.2, 0.25) is 0 Å². The first-order valence-corrected chi connectivity index (χ1v) is 8.12. The molecule has 2 N–H and O–H groups in total. The molecule has 3 aromatic rings. The molecule has 0 saturated heterocycles. The molecular weight excluding hydrogens is 316 g/mol. The largest absolute Gasteiger partial charge is 0.385 e. The summed E-state index contributed by atoms with van der Waals surface area (Å²) in [5, 5.41) is 7.15. The number of nitrogens with zero attached hydrogens (tertiary/aromatic N) is 2. The topological polar surface area (TPSA) is 76.1 Å². The van der Waals surface area contributed by atoms with Crippen molar-refractivity contribution in [1.29, 1.82) is 0 Å². The third-order valence-corrected chi connectivity index (χ3v) is 3.73. The summed E-state index contributed by atoms with van der Waals surface area (Å²) in [6.07, 6.45) is 4.15. The number of fused-ring (bicyclic) bond motifs is 1. The van der Waals surface area contributed by atoms with E-state index in [0.29, 0.717) is 24.5 Å². The Balaban J connectivity index is 1.74. The number of anilines is 2. The fourth-order valence-electron chi connectivity index (χ4n) is 2.50. The Morgan fingerprint density at radius 2 is 2.00 bits per heavy atom. The summed E-state index contributed by atoms with van der Waals surface area (Å²) in [7, 11) is 1.64. The Kier molecular flexibility index (Phi) is 5.53. The van der Waals surface area contributed by atoms with Crippen LogP contribution in [0.5, 0.6) is 0 Å². The summed E-state index contributed by atoms with van der Waals surface area (Å²) >= 11 is 0. The number of aromatic nitrogens is 2. The highest BCUT2D eigenvalue weighted by Gasteiger charge is 2.08. The number of carbonyl (C=O) groups excluding carboxylic acids is 1. The van der Waals surface area contributed by atoms with Crippen LogP contribution in [0, 0.1) is 0 Å². The molecule has 0 aliphatic carbocycles. The quantitative estimate of drug-likeness (QED) is 0.648. The first kappa shape index (κ1) is 16.9. The van der Waals surface area contributed by atoms with Gasteiger partial charge in [-0.05, 0) is 30.7 Å². The van der Waals surface area contributed by atoms with Crippen molar-refractivity contribution in [3.05, 3.63) is 60.4 Å². The molecule has 0 atom stereocenters. The maximum absolute atomic E-state index is 12.2. The molecule has 128 valence electrons. The van der Waals surface area contributed by atoms with Crippen molar-refractivity contribution < 1.29 is 9.53 Å². The fourth-order valence-corrected chi connectivity index (χ4v) is 2.50. The summed E-state index contributed by atoms with van der Waals surface area (Å²) in [5.41, 5.74) is 2.27. The van der Waals surface area contributed by atoms with Crippen LogP contribution in [0.15, 0.2) is 54.9 Å². The second-order valence-corrected chi connectivity index (χ2v) is 5.54. The van der Waals surface area contributed by atoms with E-state index >= 15 is 0 Å². The van der Waals surface area contributed by atoms with Gasteiger partial charge in [0.1, 0.15) is 5.82 Å². The van der Waals surface area contributed by atoms with Crippen molar-refractivity contribution in [2.24, 2.45) is 0 Å². The minimum Gasteiger partial charge on any atom is -0.385 e. The molecule has 0 fully saturated rings. The molecule has 2 aromatic heterocycles. The monoisotopic (exact) mass is 336 g/mol. The van der Waals surface area contributed by atoms with E-state index in [0.717, 1.165) is 23.0 Å².